The third-order valence-corrected chi connectivity index (χ3v) is 4.50. The molecule has 4 rings (SSSR count). The molecule has 3 nitrogen and oxygen atoms in total. The van der Waals surface area contributed by atoms with Crippen LogP contribution in [0, 0.1) is 5.21 Å². The van der Waals surface area contributed by atoms with Crippen LogP contribution in [0.4, 0.5) is 0 Å². The Kier molecular flexibility index (Phi) is 3.71. The number of hydroxylamine groups is 1. The van der Waals surface area contributed by atoms with Gasteiger partial charge < -0.3 is 10.3 Å². The van der Waals surface area contributed by atoms with Gasteiger partial charge in [-0.3, -0.25) is 0 Å². The minimum atomic E-state index is -1.76. The van der Waals surface area contributed by atoms with E-state index in [1.807, 2.05) is 78.9 Å². The first kappa shape index (κ1) is 15.4. The normalized spacial score (nSPS) is 19.8. The van der Waals surface area contributed by atoms with Crippen LogP contribution in [-0.2, 0) is 5.72 Å². The Balaban J connectivity index is 1.96. The lowest BCUT2D eigenvalue weighted by Crippen LogP contribution is -2.36. The largest absolute Gasteiger partial charge is 0.621 e. The fraction of sp³-hybridized carbons (Fsp3) is 0.0455. The molecule has 1 aliphatic heterocycles. The summed E-state index contributed by atoms with van der Waals surface area (Å²) in [6, 6.07) is 28.0. The summed E-state index contributed by atoms with van der Waals surface area (Å²) >= 11 is 0. The van der Waals surface area contributed by atoms with Crippen LogP contribution in [0.1, 0.15) is 16.7 Å². The van der Waals surface area contributed by atoms with E-state index < -0.39 is 5.72 Å². The molecule has 0 amide bonds. The third-order valence-electron chi connectivity index (χ3n) is 4.50. The van der Waals surface area contributed by atoms with Crippen molar-refractivity contribution in [3.8, 4) is 0 Å². The lowest BCUT2D eigenvalue weighted by molar-refractivity contribution is -0.591. The summed E-state index contributed by atoms with van der Waals surface area (Å²) in [6.07, 6.45) is 1.78. The highest BCUT2D eigenvalue weighted by Gasteiger charge is 2.49. The van der Waals surface area contributed by atoms with Crippen molar-refractivity contribution in [1.29, 1.82) is 0 Å². The fourth-order valence-corrected chi connectivity index (χ4v) is 3.23. The summed E-state index contributed by atoms with van der Waals surface area (Å²) in [4.78, 5) is 0. The zero-order chi connectivity index (χ0) is 17.3. The maximum absolute atomic E-state index is 13.2. The van der Waals surface area contributed by atoms with Crippen LogP contribution in [0.5, 0.6) is 0 Å². The van der Waals surface area contributed by atoms with Gasteiger partial charge in [-0.15, -0.1) is 0 Å². The first-order valence-electron chi connectivity index (χ1n) is 8.16. The molecular formula is C22H17NO2. The molecule has 1 atom stereocenters. The Morgan fingerprint density at radius 1 is 0.680 bits per heavy atom. The minimum absolute atomic E-state index is 0.450. The molecule has 0 radical (unpaired) electrons. The second kappa shape index (κ2) is 6.04. The van der Waals surface area contributed by atoms with Crippen molar-refractivity contribution >= 4 is 11.3 Å². The molecule has 25 heavy (non-hydrogen) atoms. The maximum atomic E-state index is 13.2. The highest BCUT2D eigenvalue weighted by molar-refractivity contribution is 6.12. The molecule has 3 heteroatoms. The smallest absolute Gasteiger partial charge is 0.330 e. The number of hydrogen-bond acceptors (Lipinski definition) is 2. The van der Waals surface area contributed by atoms with Crippen LogP contribution in [0.2, 0.25) is 0 Å². The van der Waals surface area contributed by atoms with Crippen LogP contribution in [0.3, 0.4) is 0 Å². The van der Waals surface area contributed by atoms with Crippen molar-refractivity contribution < 1.29 is 9.85 Å². The van der Waals surface area contributed by atoms with E-state index in [-0.39, 0.29) is 0 Å². The molecular weight excluding hydrogens is 310 g/mol. The summed E-state index contributed by atoms with van der Waals surface area (Å²) < 4.78 is 0.708. The molecule has 0 aliphatic carbocycles. The maximum Gasteiger partial charge on any atom is 0.330 e. The zero-order valence-electron chi connectivity index (χ0n) is 13.5. The lowest BCUT2D eigenvalue weighted by atomic mass is 9.90. The lowest BCUT2D eigenvalue weighted by Gasteiger charge is -2.26. The Labute approximate surface area is 146 Å². The molecule has 0 saturated carbocycles. The quantitative estimate of drug-likeness (QED) is 0.585. The van der Waals surface area contributed by atoms with Crippen molar-refractivity contribution in [1.82, 2.24) is 0 Å². The molecule has 3 aromatic carbocycles. The van der Waals surface area contributed by atoms with Gasteiger partial charge in [-0.1, -0.05) is 66.7 Å². The number of aliphatic hydroxyl groups is 1. The molecule has 1 aliphatic rings. The number of nitrogens with zero attached hydrogens (tertiary/aromatic N) is 1. The van der Waals surface area contributed by atoms with E-state index in [1.54, 1.807) is 18.2 Å². The van der Waals surface area contributed by atoms with Crippen molar-refractivity contribution in [2.24, 2.45) is 0 Å². The van der Waals surface area contributed by atoms with Crippen LogP contribution < -0.4 is 0 Å². The molecule has 1 heterocycles. The number of rotatable bonds is 3. The summed E-state index contributed by atoms with van der Waals surface area (Å²) in [7, 11) is 0. The molecule has 0 bridgehead atoms. The standard InChI is InChI=1S/C22H17NO2/c24-22(19-14-8-3-9-15-19)20(17-10-4-1-5-11-17)16-21(23(22)25)18-12-6-2-7-13-18/h1-16,24H/t22-/m0/s1. The topological polar surface area (TPSA) is 46.3 Å². The number of hydrogen-bond donors (Lipinski definition) is 1. The van der Waals surface area contributed by atoms with Gasteiger partial charge in [-0.05, 0) is 29.8 Å². The molecule has 122 valence electrons. The molecule has 1 N–H and O–H groups in total. The van der Waals surface area contributed by atoms with Crippen LogP contribution in [0.25, 0.3) is 5.57 Å². The van der Waals surface area contributed by atoms with E-state index in [2.05, 4.69) is 0 Å². The van der Waals surface area contributed by atoms with Crippen LogP contribution in [-0.4, -0.2) is 15.6 Å². The summed E-state index contributed by atoms with van der Waals surface area (Å²) in [5.74, 6) is 0. The molecule has 0 unspecified atom stereocenters. The highest BCUT2D eigenvalue weighted by Crippen LogP contribution is 2.41. The molecule has 0 aromatic heterocycles. The predicted octanol–water partition coefficient (Wildman–Crippen LogP) is 3.93. The van der Waals surface area contributed by atoms with Gasteiger partial charge >= 0.3 is 5.72 Å². The van der Waals surface area contributed by atoms with Crippen molar-refractivity contribution in [2.45, 2.75) is 5.72 Å². The fourth-order valence-electron chi connectivity index (χ4n) is 3.23. The summed E-state index contributed by atoms with van der Waals surface area (Å²) in [6.45, 7) is 0. The Morgan fingerprint density at radius 3 is 1.72 bits per heavy atom. The first-order valence-corrected chi connectivity index (χ1v) is 8.16. The zero-order valence-corrected chi connectivity index (χ0v) is 13.5. The number of benzene rings is 3. The second-order valence-electron chi connectivity index (χ2n) is 6.01. The van der Waals surface area contributed by atoms with E-state index >= 15 is 0 Å². The Bertz CT molecular complexity index is 947. The van der Waals surface area contributed by atoms with Gasteiger partial charge in [0.1, 0.15) is 0 Å². The van der Waals surface area contributed by atoms with E-state index in [4.69, 9.17) is 0 Å². The Hall–Kier alpha value is -3.17. The van der Waals surface area contributed by atoms with Gasteiger partial charge in [0.25, 0.3) is 0 Å². The van der Waals surface area contributed by atoms with Gasteiger partial charge in [-0.2, -0.15) is 4.74 Å². The van der Waals surface area contributed by atoms with Crippen molar-refractivity contribution in [2.75, 3.05) is 0 Å². The molecule has 0 fully saturated rings. The van der Waals surface area contributed by atoms with E-state index in [9.17, 15) is 10.3 Å². The summed E-state index contributed by atoms with van der Waals surface area (Å²) in [5.41, 5.74) is 1.41. The first-order chi connectivity index (χ1) is 12.2. The second-order valence-corrected chi connectivity index (χ2v) is 6.01. The molecule has 0 spiro atoms. The van der Waals surface area contributed by atoms with E-state index in [1.165, 1.54) is 0 Å². The minimum Gasteiger partial charge on any atom is -0.621 e. The average molecular weight is 327 g/mol. The van der Waals surface area contributed by atoms with Crippen molar-refractivity contribution in [3.05, 3.63) is 119 Å². The summed E-state index contributed by atoms with van der Waals surface area (Å²) in [5, 5.41) is 24.7. The van der Waals surface area contributed by atoms with Crippen molar-refractivity contribution in [3.63, 3.8) is 0 Å². The van der Waals surface area contributed by atoms with Gasteiger partial charge in [0.05, 0.1) is 11.1 Å². The molecule has 3 aromatic rings. The number of allylic oxidation sites excluding steroid dienone is 1. The van der Waals surface area contributed by atoms with Gasteiger partial charge in [0, 0.05) is 11.6 Å². The molecule has 0 saturated heterocycles. The van der Waals surface area contributed by atoms with Gasteiger partial charge in [-0.25, -0.2) is 0 Å². The van der Waals surface area contributed by atoms with Crippen LogP contribution in [0.15, 0.2) is 97.1 Å². The average Bonchev–Trinajstić information content (AvgIpc) is 2.96. The predicted molar refractivity (Wildman–Crippen MR) is 98.9 cm³/mol. The third kappa shape index (κ3) is 2.46. The van der Waals surface area contributed by atoms with Crippen LogP contribution >= 0.6 is 0 Å². The highest BCUT2D eigenvalue weighted by atomic mass is 16.5. The monoisotopic (exact) mass is 327 g/mol. The van der Waals surface area contributed by atoms with Gasteiger partial charge in [0.2, 0.25) is 5.71 Å². The Morgan fingerprint density at radius 2 is 1.16 bits per heavy atom. The SMILES string of the molecule is [O-][N+]1=C(c2ccccc2)C=C(c2ccccc2)[C@@]1(O)c1ccccc1. The van der Waals surface area contributed by atoms with E-state index in [0.717, 1.165) is 11.1 Å². The van der Waals surface area contributed by atoms with Gasteiger partial charge in [0.15, 0.2) is 0 Å². The van der Waals surface area contributed by atoms with E-state index in [0.29, 0.717) is 21.6 Å².